The number of nitrogen functional groups attached to an aromatic ring is 1. The molecule has 2 rings (SSSR count). The van der Waals surface area contributed by atoms with E-state index in [-0.39, 0.29) is 11.4 Å². The van der Waals surface area contributed by atoms with Crippen molar-refractivity contribution in [3.05, 3.63) is 67.8 Å². The summed E-state index contributed by atoms with van der Waals surface area (Å²) in [6.07, 6.45) is -2.76. The number of ether oxygens (including phenoxy) is 4. The summed E-state index contributed by atoms with van der Waals surface area (Å²) in [7, 11) is 0. The quantitative estimate of drug-likeness (QED) is 0.0845. The number of rotatable bonds is 3. The molecule has 0 bridgehead atoms. The lowest BCUT2D eigenvalue weighted by atomic mass is 10.2. The van der Waals surface area contributed by atoms with Gasteiger partial charge in [0.15, 0.2) is 0 Å². The van der Waals surface area contributed by atoms with Crippen LogP contribution in [-0.2, 0) is 18.9 Å². The number of hydrogen-bond acceptors (Lipinski definition) is 12. The normalized spacial score (nSPS) is 10.9. The van der Waals surface area contributed by atoms with Crippen LogP contribution in [0.1, 0.15) is 73.4 Å². The van der Waals surface area contributed by atoms with Crippen molar-refractivity contribution in [3.8, 4) is 0 Å². The molecule has 2 aromatic carbocycles. The van der Waals surface area contributed by atoms with E-state index in [1.807, 2.05) is 0 Å². The predicted octanol–water partition coefficient (Wildman–Crippen LogP) is 7.61. The zero-order chi connectivity index (χ0) is 34.6. The van der Waals surface area contributed by atoms with Crippen molar-refractivity contribution in [3.63, 3.8) is 0 Å². The van der Waals surface area contributed by atoms with Crippen molar-refractivity contribution in [2.75, 3.05) is 11.1 Å². The molecule has 0 spiro atoms. The van der Waals surface area contributed by atoms with Gasteiger partial charge in [-0.1, -0.05) is 12.1 Å². The van der Waals surface area contributed by atoms with E-state index in [9.17, 15) is 34.6 Å². The molecular weight excluding hydrogens is 580 g/mol. The molecule has 15 nitrogen and oxygen atoms in total. The van der Waals surface area contributed by atoms with E-state index < -0.39 is 45.1 Å². The molecule has 44 heavy (non-hydrogen) atoms. The van der Waals surface area contributed by atoms with E-state index in [1.54, 1.807) is 100 Å². The van der Waals surface area contributed by atoms with Crippen molar-refractivity contribution >= 4 is 41.2 Å². The highest BCUT2D eigenvalue weighted by Crippen LogP contribution is 2.23. The molecule has 1 amide bonds. The molecule has 0 unspecified atom stereocenters. The molecular formula is C29H42N4O11. The Morgan fingerprint density at radius 3 is 1.43 bits per heavy atom. The number of nitro benzene ring substituents is 2. The van der Waals surface area contributed by atoms with Gasteiger partial charge in [-0.05, 0) is 88.3 Å². The summed E-state index contributed by atoms with van der Waals surface area (Å²) in [5.74, 6) is 0. The average Bonchev–Trinajstić information content (AvgIpc) is 2.78. The van der Waals surface area contributed by atoms with Crippen LogP contribution in [0.4, 0.5) is 37.1 Å². The number of amides is 1. The number of anilines is 2. The van der Waals surface area contributed by atoms with Crippen molar-refractivity contribution in [2.24, 2.45) is 0 Å². The van der Waals surface area contributed by atoms with Crippen molar-refractivity contribution in [1.29, 1.82) is 0 Å². The van der Waals surface area contributed by atoms with Crippen LogP contribution in [0.3, 0.4) is 0 Å². The lowest BCUT2D eigenvalue weighted by Gasteiger charge is -2.20. The van der Waals surface area contributed by atoms with Crippen LogP contribution in [0.25, 0.3) is 0 Å². The third-order valence-electron chi connectivity index (χ3n) is 4.43. The van der Waals surface area contributed by atoms with Gasteiger partial charge in [0.1, 0.15) is 16.8 Å². The first-order valence-corrected chi connectivity index (χ1v) is 13.2. The Labute approximate surface area is 256 Å². The topological polar surface area (TPSA) is 212 Å². The lowest BCUT2D eigenvalue weighted by molar-refractivity contribution is -0.385. The summed E-state index contributed by atoms with van der Waals surface area (Å²) in [5.41, 5.74) is 5.31. The monoisotopic (exact) mass is 622 g/mol. The Bertz CT molecular complexity index is 1310. The summed E-state index contributed by atoms with van der Waals surface area (Å²) in [5, 5.41) is 23.5. The van der Waals surface area contributed by atoms with Gasteiger partial charge < -0.3 is 24.7 Å². The number of nitrogens with two attached hydrogens (primary N) is 1. The molecule has 2 aromatic rings. The second-order valence-electron chi connectivity index (χ2n) is 12.2. The summed E-state index contributed by atoms with van der Waals surface area (Å²) in [6.45, 7) is 18.6. The number of hydrogen-bond donors (Lipinski definition) is 2. The molecule has 244 valence electrons. The molecule has 15 heteroatoms. The van der Waals surface area contributed by atoms with Crippen molar-refractivity contribution < 1.29 is 43.2 Å². The SMILES string of the molecule is CC(C)(C)OC(=O)OC(=O)OC(C)(C)C.Cc1ccc(N)cc1[N+](=O)[O-].Cc1ccc(NC(=O)OC(C)(C)C)cc1[N+](=O)[O-]. The van der Waals surface area contributed by atoms with Crippen molar-refractivity contribution in [1.82, 2.24) is 0 Å². The fourth-order valence-corrected chi connectivity index (χ4v) is 2.74. The summed E-state index contributed by atoms with van der Waals surface area (Å²) in [6, 6.07) is 9.10. The zero-order valence-electron chi connectivity index (χ0n) is 26.9. The molecule has 0 atom stereocenters. The van der Waals surface area contributed by atoms with Crippen LogP contribution in [0, 0.1) is 34.1 Å². The predicted molar refractivity (Wildman–Crippen MR) is 163 cm³/mol. The molecule has 0 radical (unpaired) electrons. The van der Waals surface area contributed by atoms with Crippen LogP contribution in [0.5, 0.6) is 0 Å². The maximum atomic E-state index is 11.5. The minimum atomic E-state index is -1.06. The number of nitrogens with one attached hydrogen (secondary N) is 1. The first-order chi connectivity index (χ1) is 19.8. The Morgan fingerprint density at radius 1 is 0.682 bits per heavy atom. The fourth-order valence-electron chi connectivity index (χ4n) is 2.74. The van der Waals surface area contributed by atoms with E-state index >= 15 is 0 Å². The minimum absolute atomic E-state index is 0.0384. The fraction of sp³-hybridized carbons (Fsp3) is 0.483. The molecule has 0 saturated carbocycles. The van der Waals surface area contributed by atoms with Crippen LogP contribution in [-0.4, -0.2) is 45.1 Å². The molecule has 0 fully saturated rings. The van der Waals surface area contributed by atoms with Gasteiger partial charge in [0.25, 0.3) is 11.4 Å². The molecule has 0 aromatic heterocycles. The number of aryl methyl sites for hydroxylation is 2. The van der Waals surface area contributed by atoms with Gasteiger partial charge in [-0.2, -0.15) is 0 Å². The highest BCUT2D eigenvalue weighted by molar-refractivity contribution is 5.85. The number of carbonyl (C=O) groups excluding carboxylic acids is 3. The first-order valence-electron chi connectivity index (χ1n) is 13.2. The van der Waals surface area contributed by atoms with E-state index in [1.165, 1.54) is 12.1 Å². The molecule has 0 heterocycles. The van der Waals surface area contributed by atoms with Crippen LogP contribution in [0.2, 0.25) is 0 Å². The van der Waals surface area contributed by atoms with E-state index in [2.05, 4.69) is 10.1 Å². The molecule has 0 aliphatic rings. The van der Waals surface area contributed by atoms with Gasteiger partial charge in [0.2, 0.25) is 0 Å². The van der Waals surface area contributed by atoms with Gasteiger partial charge in [-0.15, -0.1) is 0 Å². The summed E-state index contributed by atoms with van der Waals surface area (Å²) < 4.78 is 18.9. The largest absolute Gasteiger partial charge is 0.519 e. The average molecular weight is 623 g/mol. The minimum Gasteiger partial charge on any atom is -0.444 e. The summed E-state index contributed by atoms with van der Waals surface area (Å²) >= 11 is 0. The highest BCUT2D eigenvalue weighted by Gasteiger charge is 2.24. The molecule has 0 aliphatic heterocycles. The van der Waals surface area contributed by atoms with Crippen LogP contribution >= 0.6 is 0 Å². The van der Waals surface area contributed by atoms with Crippen LogP contribution in [0.15, 0.2) is 36.4 Å². The summed E-state index contributed by atoms with van der Waals surface area (Å²) in [4.78, 5) is 53.7. The number of nitrogens with zero attached hydrogens (tertiary/aromatic N) is 2. The molecule has 3 N–H and O–H groups in total. The zero-order valence-corrected chi connectivity index (χ0v) is 26.9. The Balaban J connectivity index is 0.000000649. The lowest BCUT2D eigenvalue weighted by Crippen LogP contribution is -2.29. The Hall–Kier alpha value is -4.95. The van der Waals surface area contributed by atoms with Gasteiger partial charge in [0.05, 0.1) is 15.5 Å². The van der Waals surface area contributed by atoms with E-state index in [4.69, 9.17) is 19.9 Å². The van der Waals surface area contributed by atoms with Gasteiger partial charge in [-0.3, -0.25) is 25.5 Å². The second-order valence-corrected chi connectivity index (χ2v) is 12.2. The number of nitro groups is 2. The third kappa shape index (κ3) is 17.8. The molecule has 0 aliphatic carbocycles. The Kier molecular flexibility index (Phi) is 14.2. The standard InChI is InChI=1S/C12H16N2O4.C10H18O5.C7H8N2O2/c1-8-5-6-9(7-10(8)14(16)17)13-11(15)18-12(2,3)4;1-9(2,3)14-7(11)13-8(12)15-10(4,5)6;1-5-2-3-6(8)4-7(5)9(10)11/h5-7H,1-4H3,(H,13,15);1-6H3;2-4H,8H2,1H3. The van der Waals surface area contributed by atoms with Gasteiger partial charge in [-0.25, -0.2) is 14.4 Å². The smallest absolute Gasteiger partial charge is 0.444 e. The maximum Gasteiger partial charge on any atom is 0.519 e. The van der Waals surface area contributed by atoms with Crippen molar-refractivity contribution in [2.45, 2.75) is 93.0 Å². The second kappa shape index (κ2) is 16.0. The highest BCUT2D eigenvalue weighted by atomic mass is 16.8. The number of benzene rings is 2. The third-order valence-corrected chi connectivity index (χ3v) is 4.43. The first kappa shape index (κ1) is 39.0. The Morgan fingerprint density at radius 2 is 1.07 bits per heavy atom. The number of carbonyl (C=O) groups is 3. The van der Waals surface area contributed by atoms with E-state index in [0.717, 1.165) is 0 Å². The van der Waals surface area contributed by atoms with Gasteiger partial charge >= 0.3 is 18.4 Å². The maximum absolute atomic E-state index is 11.5. The molecule has 0 saturated heterocycles. The van der Waals surface area contributed by atoms with Gasteiger partial charge in [0, 0.05) is 28.9 Å². The van der Waals surface area contributed by atoms with E-state index in [0.29, 0.717) is 22.5 Å². The van der Waals surface area contributed by atoms with Crippen LogP contribution < -0.4 is 11.1 Å².